The molecule has 4 rings (SSSR count). The molecular formula is C22H16FNO2. The Kier molecular flexibility index (Phi) is 4.01. The number of benzene rings is 3. The zero-order chi connectivity index (χ0) is 18.1. The summed E-state index contributed by atoms with van der Waals surface area (Å²) in [7, 11) is 0. The summed E-state index contributed by atoms with van der Waals surface area (Å²) in [6.07, 6.45) is 0. The van der Waals surface area contributed by atoms with Gasteiger partial charge in [-0.3, -0.25) is 0 Å². The molecule has 0 aliphatic rings. The van der Waals surface area contributed by atoms with Gasteiger partial charge in [0.15, 0.2) is 0 Å². The van der Waals surface area contributed by atoms with Gasteiger partial charge >= 0.3 is 5.97 Å². The summed E-state index contributed by atoms with van der Waals surface area (Å²) >= 11 is 0. The quantitative estimate of drug-likeness (QED) is 0.553. The number of carboxylic acids is 1. The Morgan fingerprint density at radius 3 is 2.27 bits per heavy atom. The third-order valence-electron chi connectivity index (χ3n) is 4.48. The van der Waals surface area contributed by atoms with Crippen LogP contribution in [0.3, 0.4) is 0 Å². The molecule has 0 bridgehead atoms. The number of aromatic nitrogens is 1. The highest BCUT2D eigenvalue weighted by Crippen LogP contribution is 2.28. The first kappa shape index (κ1) is 16.1. The van der Waals surface area contributed by atoms with Gasteiger partial charge in [-0.05, 0) is 47.0 Å². The fourth-order valence-corrected chi connectivity index (χ4v) is 3.21. The van der Waals surface area contributed by atoms with Crippen molar-refractivity contribution in [3.05, 3.63) is 95.9 Å². The standard InChI is InChI=1S/C22H16FNO2/c23-19-9-6-16(7-10-19)17-8-11-20-18(12-17)13-21(22(25)26)24(20)14-15-4-2-1-3-5-15/h1-13H,14H2,(H,25,26). The van der Waals surface area contributed by atoms with Crippen LogP contribution in [0.2, 0.25) is 0 Å². The maximum absolute atomic E-state index is 13.1. The molecule has 0 aliphatic carbocycles. The van der Waals surface area contributed by atoms with Gasteiger partial charge in [0.05, 0.1) is 0 Å². The molecule has 1 heterocycles. The summed E-state index contributed by atoms with van der Waals surface area (Å²) in [4.78, 5) is 11.7. The zero-order valence-electron chi connectivity index (χ0n) is 13.9. The summed E-state index contributed by atoms with van der Waals surface area (Å²) < 4.78 is 14.9. The third kappa shape index (κ3) is 2.97. The highest BCUT2D eigenvalue weighted by atomic mass is 19.1. The van der Waals surface area contributed by atoms with Gasteiger partial charge in [0.1, 0.15) is 11.5 Å². The first-order valence-corrected chi connectivity index (χ1v) is 8.28. The second-order valence-electron chi connectivity index (χ2n) is 6.19. The fourth-order valence-electron chi connectivity index (χ4n) is 3.21. The number of halogens is 1. The molecule has 3 aromatic carbocycles. The van der Waals surface area contributed by atoms with Crippen molar-refractivity contribution in [3.63, 3.8) is 0 Å². The van der Waals surface area contributed by atoms with Crippen molar-refractivity contribution in [2.45, 2.75) is 6.54 Å². The Labute approximate surface area is 149 Å². The zero-order valence-corrected chi connectivity index (χ0v) is 13.9. The van der Waals surface area contributed by atoms with E-state index in [0.29, 0.717) is 6.54 Å². The number of aromatic carboxylic acids is 1. The van der Waals surface area contributed by atoms with Crippen LogP contribution in [-0.4, -0.2) is 15.6 Å². The average molecular weight is 345 g/mol. The molecule has 1 N–H and O–H groups in total. The predicted molar refractivity (Wildman–Crippen MR) is 99.8 cm³/mol. The molecule has 26 heavy (non-hydrogen) atoms. The fraction of sp³-hybridized carbons (Fsp3) is 0.0455. The Morgan fingerprint density at radius 2 is 1.58 bits per heavy atom. The molecule has 0 fully saturated rings. The summed E-state index contributed by atoms with van der Waals surface area (Å²) in [6, 6.07) is 23.5. The Morgan fingerprint density at radius 1 is 0.885 bits per heavy atom. The van der Waals surface area contributed by atoms with E-state index in [1.165, 1.54) is 12.1 Å². The molecule has 4 heteroatoms. The van der Waals surface area contributed by atoms with Crippen molar-refractivity contribution in [1.29, 1.82) is 0 Å². The van der Waals surface area contributed by atoms with Gasteiger partial charge in [0.2, 0.25) is 0 Å². The lowest BCUT2D eigenvalue weighted by Crippen LogP contribution is -2.09. The second kappa shape index (κ2) is 6.48. The highest BCUT2D eigenvalue weighted by molar-refractivity contribution is 5.96. The molecular weight excluding hydrogens is 329 g/mol. The minimum absolute atomic E-state index is 0.250. The lowest BCUT2D eigenvalue weighted by Gasteiger charge is -2.09. The molecule has 0 saturated heterocycles. The SMILES string of the molecule is O=C(O)c1cc2cc(-c3ccc(F)cc3)ccc2n1Cc1ccccc1. The minimum atomic E-state index is -0.958. The monoisotopic (exact) mass is 345 g/mol. The van der Waals surface area contributed by atoms with Crippen LogP contribution in [0.4, 0.5) is 4.39 Å². The maximum atomic E-state index is 13.1. The molecule has 0 saturated carbocycles. The van der Waals surface area contributed by atoms with Crippen LogP contribution in [0.5, 0.6) is 0 Å². The summed E-state index contributed by atoms with van der Waals surface area (Å²) in [5.74, 6) is -1.24. The van der Waals surface area contributed by atoms with Crippen LogP contribution in [0.25, 0.3) is 22.0 Å². The van der Waals surface area contributed by atoms with Crippen LogP contribution < -0.4 is 0 Å². The Bertz CT molecular complexity index is 1080. The first-order chi connectivity index (χ1) is 12.6. The minimum Gasteiger partial charge on any atom is -0.477 e. The third-order valence-corrected chi connectivity index (χ3v) is 4.48. The lowest BCUT2D eigenvalue weighted by atomic mass is 10.0. The normalized spacial score (nSPS) is 11.0. The predicted octanol–water partition coefficient (Wildman–Crippen LogP) is 5.19. The van der Waals surface area contributed by atoms with Gasteiger partial charge in [-0.1, -0.05) is 48.5 Å². The average Bonchev–Trinajstić information content (AvgIpc) is 3.01. The molecule has 0 atom stereocenters. The first-order valence-electron chi connectivity index (χ1n) is 8.28. The van der Waals surface area contributed by atoms with Crippen molar-refractivity contribution < 1.29 is 14.3 Å². The van der Waals surface area contributed by atoms with E-state index in [-0.39, 0.29) is 11.5 Å². The molecule has 1 aromatic heterocycles. The van der Waals surface area contributed by atoms with Gasteiger partial charge in [-0.2, -0.15) is 0 Å². The van der Waals surface area contributed by atoms with Gasteiger partial charge in [0, 0.05) is 17.4 Å². The smallest absolute Gasteiger partial charge is 0.352 e. The Balaban J connectivity index is 1.82. The number of carboxylic acid groups (broad SMARTS) is 1. The number of fused-ring (bicyclic) bond motifs is 1. The summed E-state index contributed by atoms with van der Waals surface area (Å²) in [6.45, 7) is 0.488. The number of hydrogen-bond acceptors (Lipinski definition) is 1. The Hall–Kier alpha value is -3.40. The van der Waals surface area contributed by atoms with Crippen molar-refractivity contribution >= 4 is 16.9 Å². The molecule has 0 radical (unpaired) electrons. The molecule has 128 valence electrons. The molecule has 0 spiro atoms. The van der Waals surface area contributed by atoms with Crippen LogP contribution >= 0.6 is 0 Å². The van der Waals surface area contributed by atoms with Crippen molar-refractivity contribution in [3.8, 4) is 11.1 Å². The van der Waals surface area contributed by atoms with E-state index in [1.807, 2.05) is 48.5 Å². The highest BCUT2D eigenvalue weighted by Gasteiger charge is 2.15. The second-order valence-corrected chi connectivity index (χ2v) is 6.19. The van der Waals surface area contributed by atoms with E-state index in [4.69, 9.17) is 0 Å². The van der Waals surface area contributed by atoms with E-state index in [9.17, 15) is 14.3 Å². The van der Waals surface area contributed by atoms with Crippen LogP contribution in [0.1, 0.15) is 16.1 Å². The lowest BCUT2D eigenvalue weighted by molar-refractivity contribution is 0.0686. The molecule has 0 unspecified atom stereocenters. The number of nitrogens with zero attached hydrogens (tertiary/aromatic N) is 1. The van der Waals surface area contributed by atoms with Crippen LogP contribution in [-0.2, 0) is 6.54 Å². The molecule has 0 aliphatic heterocycles. The molecule has 0 amide bonds. The number of rotatable bonds is 4. The number of carbonyl (C=O) groups is 1. The topological polar surface area (TPSA) is 42.2 Å². The summed E-state index contributed by atoms with van der Waals surface area (Å²) in [5, 5.41) is 10.4. The van der Waals surface area contributed by atoms with Gasteiger partial charge in [0.25, 0.3) is 0 Å². The van der Waals surface area contributed by atoms with E-state index < -0.39 is 5.97 Å². The van der Waals surface area contributed by atoms with E-state index >= 15 is 0 Å². The van der Waals surface area contributed by atoms with Crippen molar-refractivity contribution in [2.75, 3.05) is 0 Å². The van der Waals surface area contributed by atoms with Crippen molar-refractivity contribution in [1.82, 2.24) is 4.57 Å². The van der Waals surface area contributed by atoms with E-state index in [1.54, 1.807) is 22.8 Å². The van der Waals surface area contributed by atoms with E-state index in [2.05, 4.69) is 0 Å². The van der Waals surface area contributed by atoms with Gasteiger partial charge < -0.3 is 9.67 Å². The maximum Gasteiger partial charge on any atom is 0.352 e. The summed E-state index contributed by atoms with van der Waals surface area (Å²) in [5.41, 5.74) is 3.96. The van der Waals surface area contributed by atoms with Crippen molar-refractivity contribution in [2.24, 2.45) is 0 Å². The number of hydrogen-bond donors (Lipinski definition) is 1. The van der Waals surface area contributed by atoms with E-state index in [0.717, 1.165) is 27.6 Å². The van der Waals surface area contributed by atoms with Gasteiger partial charge in [-0.15, -0.1) is 0 Å². The van der Waals surface area contributed by atoms with Gasteiger partial charge in [-0.25, -0.2) is 9.18 Å². The largest absolute Gasteiger partial charge is 0.477 e. The van der Waals surface area contributed by atoms with Crippen LogP contribution in [0, 0.1) is 5.82 Å². The van der Waals surface area contributed by atoms with Crippen LogP contribution in [0.15, 0.2) is 78.9 Å². The molecule has 4 aromatic rings. The molecule has 3 nitrogen and oxygen atoms in total.